The quantitative estimate of drug-likeness (QED) is 0.462. The van der Waals surface area contributed by atoms with Crippen molar-refractivity contribution in [3.05, 3.63) is 65.4 Å². The molecule has 8 heteroatoms. The van der Waals surface area contributed by atoms with Crippen molar-refractivity contribution in [2.45, 2.75) is 0 Å². The number of anilines is 1. The largest absolute Gasteiger partial charge is 0.619 e. The van der Waals surface area contributed by atoms with Gasteiger partial charge in [-0.3, -0.25) is 4.79 Å². The van der Waals surface area contributed by atoms with Gasteiger partial charge in [0, 0.05) is 38.3 Å². The van der Waals surface area contributed by atoms with Gasteiger partial charge in [0.05, 0.1) is 11.3 Å². The number of hydrogen-bond donors (Lipinski definition) is 0. The maximum absolute atomic E-state index is 13.8. The van der Waals surface area contributed by atoms with Crippen LogP contribution in [-0.4, -0.2) is 49.6 Å². The minimum atomic E-state index is -0.663. The van der Waals surface area contributed by atoms with Gasteiger partial charge in [0.1, 0.15) is 5.82 Å². The summed E-state index contributed by atoms with van der Waals surface area (Å²) in [5.74, 6) is -1.26. The van der Waals surface area contributed by atoms with Gasteiger partial charge in [-0.25, -0.2) is 9.18 Å². The van der Waals surface area contributed by atoms with Gasteiger partial charge in [-0.05, 0) is 12.1 Å². The lowest BCUT2D eigenvalue weighted by Crippen LogP contribution is -2.50. The van der Waals surface area contributed by atoms with E-state index in [0.29, 0.717) is 36.6 Å². The predicted octanol–water partition coefficient (Wildman–Crippen LogP) is 0.965. The number of aromatic nitrogens is 1. The average Bonchev–Trinajstić information content (AvgIpc) is 2.67. The number of esters is 1. The number of piperazine rings is 1. The highest BCUT2D eigenvalue weighted by Gasteiger charge is 2.23. The van der Waals surface area contributed by atoms with Crippen molar-refractivity contribution in [3.63, 3.8) is 0 Å². The molecule has 2 heterocycles. The fourth-order valence-electron chi connectivity index (χ4n) is 2.76. The number of rotatable bonds is 4. The van der Waals surface area contributed by atoms with Crippen LogP contribution < -0.4 is 9.63 Å². The minimum absolute atomic E-state index is 0.203. The summed E-state index contributed by atoms with van der Waals surface area (Å²) >= 11 is 0. The smallest absolute Gasteiger partial charge is 0.339 e. The molecule has 1 fully saturated rings. The van der Waals surface area contributed by atoms with E-state index in [9.17, 15) is 19.2 Å². The van der Waals surface area contributed by atoms with E-state index < -0.39 is 5.97 Å². The molecule has 1 aromatic carbocycles. The first kappa shape index (κ1) is 17.7. The van der Waals surface area contributed by atoms with Gasteiger partial charge in [0.15, 0.2) is 19.0 Å². The molecule has 1 aliphatic heterocycles. The van der Waals surface area contributed by atoms with E-state index in [1.165, 1.54) is 30.6 Å². The lowest BCUT2D eigenvalue weighted by atomic mass is 10.2. The third-order valence-electron chi connectivity index (χ3n) is 4.19. The zero-order valence-corrected chi connectivity index (χ0v) is 14.0. The number of amides is 1. The summed E-state index contributed by atoms with van der Waals surface area (Å²) < 4.78 is 19.4. The zero-order valence-electron chi connectivity index (χ0n) is 14.0. The first-order valence-electron chi connectivity index (χ1n) is 8.18. The summed E-state index contributed by atoms with van der Waals surface area (Å²) in [6.45, 7) is 1.48. The molecule has 2 aromatic rings. The second kappa shape index (κ2) is 7.81. The molecule has 0 atom stereocenters. The Labute approximate surface area is 149 Å². The number of pyridine rings is 1. The van der Waals surface area contributed by atoms with Crippen molar-refractivity contribution < 1.29 is 23.4 Å². The van der Waals surface area contributed by atoms with Crippen molar-refractivity contribution in [1.29, 1.82) is 0 Å². The first-order valence-corrected chi connectivity index (χ1v) is 8.18. The molecule has 0 unspecified atom stereocenters. The Balaban J connectivity index is 1.48. The van der Waals surface area contributed by atoms with Gasteiger partial charge < -0.3 is 19.7 Å². The van der Waals surface area contributed by atoms with Crippen LogP contribution in [0.5, 0.6) is 0 Å². The second-order valence-corrected chi connectivity index (χ2v) is 5.84. The van der Waals surface area contributed by atoms with Gasteiger partial charge in [-0.2, -0.15) is 4.73 Å². The Hall–Kier alpha value is -3.16. The van der Waals surface area contributed by atoms with Crippen molar-refractivity contribution in [1.82, 2.24) is 4.90 Å². The number of hydrogen-bond acceptors (Lipinski definition) is 5. The molecule has 0 saturated carbocycles. The third kappa shape index (κ3) is 4.08. The Kier molecular flexibility index (Phi) is 5.31. The number of nitrogens with zero attached hydrogens (tertiary/aromatic N) is 3. The van der Waals surface area contributed by atoms with E-state index in [1.807, 2.05) is 4.90 Å². The van der Waals surface area contributed by atoms with Crippen molar-refractivity contribution >= 4 is 17.6 Å². The molecule has 1 aromatic heterocycles. The van der Waals surface area contributed by atoms with Crippen LogP contribution in [-0.2, 0) is 9.53 Å². The highest BCUT2D eigenvalue weighted by Crippen LogP contribution is 2.20. The second-order valence-electron chi connectivity index (χ2n) is 5.84. The van der Waals surface area contributed by atoms with E-state index >= 15 is 0 Å². The summed E-state index contributed by atoms with van der Waals surface area (Å²) in [4.78, 5) is 27.5. The van der Waals surface area contributed by atoms with E-state index in [-0.39, 0.29) is 23.9 Å². The topological polar surface area (TPSA) is 76.8 Å². The molecule has 0 aliphatic carbocycles. The Morgan fingerprint density at radius 2 is 1.73 bits per heavy atom. The Morgan fingerprint density at radius 3 is 2.38 bits per heavy atom. The summed E-state index contributed by atoms with van der Waals surface area (Å²) in [6, 6.07) is 9.17. The third-order valence-corrected chi connectivity index (χ3v) is 4.19. The lowest BCUT2D eigenvalue weighted by Gasteiger charge is -2.36. The van der Waals surface area contributed by atoms with E-state index in [4.69, 9.17) is 4.74 Å². The van der Waals surface area contributed by atoms with E-state index in [2.05, 4.69) is 0 Å². The summed E-state index contributed by atoms with van der Waals surface area (Å²) in [5, 5.41) is 10.9. The molecule has 1 aliphatic rings. The Bertz CT molecular complexity index is 789. The van der Waals surface area contributed by atoms with Crippen LogP contribution in [0.15, 0.2) is 48.8 Å². The monoisotopic (exact) mass is 359 g/mol. The normalized spacial score (nSPS) is 14.2. The van der Waals surface area contributed by atoms with Crippen molar-refractivity contribution in [2.24, 2.45) is 0 Å². The van der Waals surface area contributed by atoms with Crippen LogP contribution >= 0.6 is 0 Å². The molecular formula is C18H18FN3O4. The van der Waals surface area contributed by atoms with E-state index in [1.54, 1.807) is 23.1 Å². The molecular weight excluding hydrogens is 341 g/mol. The SMILES string of the molecule is O=C(OCC(=O)N1CCN(c2ccccc2F)CC1)c1cc[n+]([O-])cc1. The number of para-hydroxylation sites is 1. The van der Waals surface area contributed by atoms with Crippen LogP contribution in [0.2, 0.25) is 0 Å². The number of carbonyl (C=O) groups excluding carboxylic acids is 2. The van der Waals surface area contributed by atoms with Gasteiger partial charge in [0.2, 0.25) is 0 Å². The fraction of sp³-hybridized carbons (Fsp3) is 0.278. The highest BCUT2D eigenvalue weighted by molar-refractivity contribution is 5.91. The van der Waals surface area contributed by atoms with Crippen molar-refractivity contribution in [2.75, 3.05) is 37.7 Å². The van der Waals surface area contributed by atoms with Gasteiger partial charge in [-0.15, -0.1) is 0 Å². The van der Waals surface area contributed by atoms with Gasteiger partial charge in [0.25, 0.3) is 5.91 Å². The standard InChI is InChI=1S/C18H18FN3O4/c19-15-3-1-2-4-16(15)20-9-11-21(12-10-20)17(23)13-26-18(24)14-5-7-22(25)8-6-14/h1-8H,9-13H2. The fourth-order valence-corrected chi connectivity index (χ4v) is 2.76. The molecule has 0 bridgehead atoms. The number of ether oxygens (including phenoxy) is 1. The molecule has 3 rings (SSSR count). The van der Waals surface area contributed by atoms with Crippen LogP contribution in [0.1, 0.15) is 10.4 Å². The summed E-state index contributed by atoms with van der Waals surface area (Å²) in [6.07, 6.45) is 2.36. The molecule has 7 nitrogen and oxygen atoms in total. The predicted molar refractivity (Wildman–Crippen MR) is 90.9 cm³/mol. The van der Waals surface area contributed by atoms with Crippen LogP contribution in [0.4, 0.5) is 10.1 Å². The lowest BCUT2D eigenvalue weighted by molar-refractivity contribution is -0.605. The van der Waals surface area contributed by atoms with Crippen LogP contribution in [0.25, 0.3) is 0 Å². The van der Waals surface area contributed by atoms with Crippen LogP contribution in [0.3, 0.4) is 0 Å². The molecule has 0 spiro atoms. The molecule has 0 radical (unpaired) electrons. The Morgan fingerprint density at radius 1 is 1.08 bits per heavy atom. The average molecular weight is 359 g/mol. The minimum Gasteiger partial charge on any atom is -0.619 e. The molecule has 0 N–H and O–H groups in total. The van der Waals surface area contributed by atoms with Gasteiger partial charge in [-0.1, -0.05) is 12.1 Å². The maximum Gasteiger partial charge on any atom is 0.339 e. The van der Waals surface area contributed by atoms with E-state index in [0.717, 1.165) is 0 Å². The maximum atomic E-state index is 13.8. The molecule has 1 saturated heterocycles. The van der Waals surface area contributed by atoms with Crippen molar-refractivity contribution in [3.8, 4) is 0 Å². The van der Waals surface area contributed by atoms with Gasteiger partial charge >= 0.3 is 5.97 Å². The molecule has 26 heavy (non-hydrogen) atoms. The zero-order chi connectivity index (χ0) is 18.5. The number of benzene rings is 1. The van der Waals surface area contributed by atoms with Crippen LogP contribution in [0, 0.1) is 11.0 Å². The summed E-state index contributed by atoms with van der Waals surface area (Å²) in [7, 11) is 0. The molecule has 136 valence electrons. The number of carbonyl (C=O) groups is 2. The summed E-state index contributed by atoms with van der Waals surface area (Å²) in [5.41, 5.74) is 0.722. The highest BCUT2D eigenvalue weighted by atomic mass is 19.1. The first-order chi connectivity index (χ1) is 12.5. The molecule has 1 amide bonds. The number of halogens is 1.